The molecule has 158 valence electrons. The topological polar surface area (TPSA) is 115 Å². The van der Waals surface area contributed by atoms with Gasteiger partial charge >= 0.3 is 0 Å². The van der Waals surface area contributed by atoms with Crippen LogP contribution in [0.1, 0.15) is 29.2 Å². The summed E-state index contributed by atoms with van der Waals surface area (Å²) in [6, 6.07) is 9.88. The summed E-state index contributed by atoms with van der Waals surface area (Å²) in [6.45, 7) is 4.77. The van der Waals surface area contributed by atoms with Crippen molar-refractivity contribution in [2.75, 3.05) is 33.4 Å². The number of aryl methyl sites for hydroxylation is 1. The molecule has 1 aliphatic heterocycles. The van der Waals surface area contributed by atoms with Gasteiger partial charge in [0.25, 0.3) is 0 Å². The maximum atomic E-state index is 12.8. The maximum Gasteiger partial charge on any atom is 0.244 e. The lowest BCUT2D eigenvalue weighted by Crippen LogP contribution is -2.41. The van der Waals surface area contributed by atoms with Gasteiger partial charge < -0.3 is 14.1 Å². The second-order valence-corrected chi connectivity index (χ2v) is 7.12. The van der Waals surface area contributed by atoms with Gasteiger partial charge in [-0.15, -0.1) is 15.3 Å². The lowest BCUT2D eigenvalue weighted by molar-refractivity contribution is -0.131. The molecule has 0 N–H and O–H groups in total. The van der Waals surface area contributed by atoms with E-state index >= 15 is 0 Å². The van der Waals surface area contributed by atoms with Crippen molar-refractivity contribution in [3.63, 3.8) is 0 Å². The van der Waals surface area contributed by atoms with Crippen molar-refractivity contribution in [1.82, 2.24) is 40.2 Å². The number of hydrogen-bond acceptors (Lipinski definition) is 9. The van der Waals surface area contributed by atoms with Gasteiger partial charge in [0.1, 0.15) is 6.54 Å². The normalized spacial score (nSPS) is 15.8. The summed E-state index contributed by atoms with van der Waals surface area (Å²) in [5, 5.41) is 19.9. The lowest BCUT2D eigenvalue weighted by atomic mass is 10.0. The van der Waals surface area contributed by atoms with Crippen LogP contribution in [0.3, 0.4) is 0 Å². The molecular formula is C19H24N8O3. The van der Waals surface area contributed by atoms with Crippen LogP contribution < -0.4 is 0 Å². The highest BCUT2D eigenvalue weighted by molar-refractivity contribution is 5.75. The molecule has 1 saturated heterocycles. The molecule has 0 saturated carbocycles. The molecule has 0 bridgehead atoms. The Morgan fingerprint density at radius 1 is 1.17 bits per heavy atom. The fourth-order valence-electron chi connectivity index (χ4n) is 3.46. The molecular weight excluding hydrogens is 388 g/mol. The van der Waals surface area contributed by atoms with Crippen molar-refractivity contribution >= 4 is 5.91 Å². The number of morpholine rings is 1. The Kier molecular flexibility index (Phi) is 6.10. The van der Waals surface area contributed by atoms with Crippen molar-refractivity contribution in [2.24, 2.45) is 0 Å². The first-order valence-corrected chi connectivity index (χ1v) is 9.77. The molecule has 11 heteroatoms. The summed E-state index contributed by atoms with van der Waals surface area (Å²) in [4.78, 5) is 16.6. The number of ether oxygens (including phenoxy) is 1. The van der Waals surface area contributed by atoms with Crippen molar-refractivity contribution in [3.8, 4) is 0 Å². The Morgan fingerprint density at radius 2 is 1.93 bits per heavy atom. The summed E-state index contributed by atoms with van der Waals surface area (Å²) in [6.07, 6.45) is 0. The second kappa shape index (κ2) is 9.09. The van der Waals surface area contributed by atoms with Crippen molar-refractivity contribution in [1.29, 1.82) is 0 Å². The van der Waals surface area contributed by atoms with Gasteiger partial charge in [-0.3, -0.25) is 9.69 Å². The van der Waals surface area contributed by atoms with E-state index in [1.807, 2.05) is 30.3 Å². The maximum absolute atomic E-state index is 12.8. The average Bonchev–Trinajstić information content (AvgIpc) is 3.38. The van der Waals surface area contributed by atoms with Gasteiger partial charge in [0, 0.05) is 27.1 Å². The molecule has 0 radical (unpaired) electrons. The zero-order chi connectivity index (χ0) is 20.9. The van der Waals surface area contributed by atoms with Gasteiger partial charge in [-0.1, -0.05) is 30.3 Å². The third-order valence-electron chi connectivity index (χ3n) is 4.98. The molecule has 1 aliphatic rings. The third-order valence-corrected chi connectivity index (χ3v) is 4.98. The van der Waals surface area contributed by atoms with Gasteiger partial charge in [0.2, 0.25) is 17.7 Å². The van der Waals surface area contributed by atoms with Crippen LogP contribution in [0.25, 0.3) is 0 Å². The van der Waals surface area contributed by atoms with Gasteiger partial charge in [0.05, 0.1) is 25.8 Å². The number of tetrazole rings is 1. The molecule has 3 heterocycles. The second-order valence-electron chi connectivity index (χ2n) is 7.12. The lowest BCUT2D eigenvalue weighted by Gasteiger charge is -2.33. The molecule has 4 rings (SSSR count). The molecule has 11 nitrogen and oxygen atoms in total. The Hall–Kier alpha value is -3.18. The first-order valence-electron chi connectivity index (χ1n) is 9.77. The molecule has 30 heavy (non-hydrogen) atoms. The zero-order valence-corrected chi connectivity index (χ0v) is 17.0. The van der Waals surface area contributed by atoms with E-state index in [2.05, 4.69) is 30.6 Å². The van der Waals surface area contributed by atoms with Gasteiger partial charge in [0.15, 0.2) is 5.82 Å². The number of rotatable bonds is 7. The van der Waals surface area contributed by atoms with Crippen LogP contribution >= 0.6 is 0 Å². The van der Waals surface area contributed by atoms with E-state index in [0.29, 0.717) is 30.8 Å². The van der Waals surface area contributed by atoms with Crippen LogP contribution in [0.5, 0.6) is 0 Å². The molecule has 1 aromatic carbocycles. The highest BCUT2D eigenvalue weighted by Gasteiger charge is 2.30. The largest absolute Gasteiger partial charge is 0.424 e. The highest BCUT2D eigenvalue weighted by atomic mass is 16.5. The standard InChI is InChI=1S/C19H24N8O3/c1-14-20-21-16(30-14)12-25(2)17(28)13-27-19(22-23-24-27)18(15-6-4-3-5-7-15)26-8-10-29-11-9-26/h3-7,18H,8-13H2,1-2H3. The first kappa shape index (κ1) is 20.1. The van der Waals surface area contributed by atoms with E-state index in [1.54, 1.807) is 18.7 Å². The summed E-state index contributed by atoms with van der Waals surface area (Å²) in [7, 11) is 1.68. The predicted octanol–water partition coefficient (Wildman–Crippen LogP) is 0.445. The summed E-state index contributed by atoms with van der Waals surface area (Å²) < 4.78 is 12.4. The minimum Gasteiger partial charge on any atom is -0.424 e. The van der Waals surface area contributed by atoms with Gasteiger partial charge in [-0.2, -0.15) is 0 Å². The van der Waals surface area contributed by atoms with E-state index in [4.69, 9.17) is 9.15 Å². The number of aromatic nitrogens is 6. The number of hydrogen-bond donors (Lipinski definition) is 0. The minimum atomic E-state index is -0.165. The fourth-order valence-corrected chi connectivity index (χ4v) is 3.46. The van der Waals surface area contributed by atoms with Crippen molar-refractivity contribution in [2.45, 2.75) is 26.1 Å². The molecule has 1 amide bonds. The van der Waals surface area contributed by atoms with Crippen LogP contribution in [0, 0.1) is 6.92 Å². The van der Waals surface area contributed by atoms with Crippen molar-refractivity contribution < 1.29 is 13.9 Å². The predicted molar refractivity (Wildman–Crippen MR) is 104 cm³/mol. The Bertz CT molecular complexity index is 967. The van der Waals surface area contributed by atoms with Gasteiger partial charge in [-0.25, -0.2) is 4.68 Å². The number of nitrogens with zero attached hydrogens (tertiary/aromatic N) is 8. The Balaban J connectivity index is 1.54. The van der Waals surface area contributed by atoms with E-state index in [1.165, 1.54) is 4.90 Å². The molecule has 1 atom stereocenters. The first-order chi connectivity index (χ1) is 14.6. The quantitative estimate of drug-likeness (QED) is 0.545. The third kappa shape index (κ3) is 4.52. The molecule has 0 aliphatic carbocycles. The average molecular weight is 412 g/mol. The van der Waals surface area contributed by atoms with E-state index in [0.717, 1.165) is 18.7 Å². The van der Waals surface area contributed by atoms with Crippen LogP contribution in [0.15, 0.2) is 34.7 Å². The number of amides is 1. The van der Waals surface area contributed by atoms with Crippen LogP contribution in [-0.4, -0.2) is 79.5 Å². The highest BCUT2D eigenvalue weighted by Crippen LogP contribution is 2.27. The summed E-state index contributed by atoms with van der Waals surface area (Å²) >= 11 is 0. The van der Waals surface area contributed by atoms with E-state index < -0.39 is 0 Å². The van der Waals surface area contributed by atoms with Crippen LogP contribution in [-0.2, 0) is 22.6 Å². The summed E-state index contributed by atoms with van der Waals surface area (Å²) in [5.74, 6) is 1.31. The van der Waals surface area contributed by atoms with Crippen LogP contribution in [0.2, 0.25) is 0 Å². The number of carbonyl (C=O) groups is 1. The number of carbonyl (C=O) groups excluding carboxylic acids is 1. The molecule has 0 spiro atoms. The molecule has 2 aromatic heterocycles. The van der Waals surface area contributed by atoms with Crippen LogP contribution in [0.4, 0.5) is 0 Å². The molecule has 1 unspecified atom stereocenters. The van der Waals surface area contributed by atoms with Crippen molar-refractivity contribution in [3.05, 3.63) is 53.5 Å². The Labute approximate surface area is 173 Å². The van der Waals surface area contributed by atoms with E-state index in [-0.39, 0.29) is 25.0 Å². The monoisotopic (exact) mass is 412 g/mol. The molecule has 3 aromatic rings. The Morgan fingerprint density at radius 3 is 2.63 bits per heavy atom. The molecule has 1 fully saturated rings. The zero-order valence-electron chi connectivity index (χ0n) is 17.0. The number of likely N-dealkylation sites (N-methyl/N-ethyl adjacent to an activating group) is 1. The smallest absolute Gasteiger partial charge is 0.244 e. The fraction of sp³-hybridized carbons (Fsp3) is 0.474. The summed E-state index contributed by atoms with van der Waals surface area (Å²) in [5.41, 5.74) is 1.07. The number of benzene rings is 1. The minimum absolute atomic E-state index is 0.0135. The SMILES string of the molecule is Cc1nnc(CN(C)C(=O)Cn2nnnc2C(c2ccccc2)N2CCOCC2)o1. The van der Waals surface area contributed by atoms with Gasteiger partial charge in [-0.05, 0) is 16.0 Å². The van der Waals surface area contributed by atoms with E-state index in [9.17, 15) is 4.79 Å².